The zero-order valence-corrected chi connectivity index (χ0v) is 10.8. The van der Waals surface area contributed by atoms with Crippen LogP contribution in [0.25, 0.3) is 0 Å². The number of methoxy groups -OCH3 is 1. The summed E-state index contributed by atoms with van der Waals surface area (Å²) in [6.45, 7) is 5.78. The fourth-order valence-corrected chi connectivity index (χ4v) is 2.49. The van der Waals surface area contributed by atoms with Crippen LogP contribution >= 0.6 is 0 Å². The Labute approximate surface area is 99.8 Å². The smallest absolute Gasteiger partial charge is 0.0900 e. The molecule has 0 amide bonds. The van der Waals surface area contributed by atoms with Gasteiger partial charge in [0.1, 0.15) is 0 Å². The van der Waals surface area contributed by atoms with Crippen molar-refractivity contribution in [3.63, 3.8) is 0 Å². The summed E-state index contributed by atoms with van der Waals surface area (Å²) in [5.74, 6) is 0.927. The second-order valence-corrected chi connectivity index (χ2v) is 5.00. The number of unbranched alkanes of at least 4 members (excludes halogenated alkanes) is 1. The minimum atomic E-state index is -0.322. The van der Waals surface area contributed by atoms with Crippen molar-refractivity contribution in [2.45, 2.75) is 45.1 Å². The monoisotopic (exact) mass is 229 g/mol. The Morgan fingerprint density at radius 2 is 2.06 bits per heavy atom. The van der Waals surface area contributed by atoms with Gasteiger partial charge in [0.15, 0.2) is 0 Å². The lowest BCUT2D eigenvalue weighted by molar-refractivity contribution is 0.0288. The molecule has 0 aromatic heterocycles. The van der Waals surface area contributed by atoms with E-state index in [9.17, 15) is 5.11 Å². The molecule has 0 saturated carbocycles. The van der Waals surface area contributed by atoms with Gasteiger partial charge in [0.05, 0.1) is 12.7 Å². The highest BCUT2D eigenvalue weighted by Gasteiger charge is 2.20. The molecule has 0 aliphatic carbocycles. The van der Waals surface area contributed by atoms with Crippen LogP contribution in [0.15, 0.2) is 0 Å². The number of hydrogen-bond donors (Lipinski definition) is 1. The summed E-state index contributed by atoms with van der Waals surface area (Å²) >= 11 is 0. The third-order valence-electron chi connectivity index (χ3n) is 3.50. The highest BCUT2D eigenvalue weighted by molar-refractivity contribution is 4.74. The molecule has 1 rings (SSSR count). The number of hydrogen-bond acceptors (Lipinski definition) is 3. The van der Waals surface area contributed by atoms with E-state index >= 15 is 0 Å². The van der Waals surface area contributed by atoms with Gasteiger partial charge in [0, 0.05) is 13.7 Å². The lowest BCUT2D eigenvalue weighted by atomic mass is 9.91. The van der Waals surface area contributed by atoms with Crippen molar-refractivity contribution >= 4 is 0 Å². The summed E-state index contributed by atoms with van der Waals surface area (Å²) in [6, 6.07) is 0. The molecule has 1 saturated heterocycles. The molecule has 1 N–H and O–H groups in total. The van der Waals surface area contributed by atoms with Gasteiger partial charge in [-0.3, -0.25) is 0 Å². The maximum absolute atomic E-state index is 9.64. The van der Waals surface area contributed by atoms with Crippen LogP contribution in [0.2, 0.25) is 0 Å². The minimum absolute atomic E-state index is 0.322. The first-order chi connectivity index (χ1) is 7.76. The number of rotatable bonds is 7. The van der Waals surface area contributed by atoms with Crippen LogP contribution in [-0.2, 0) is 4.74 Å². The molecule has 1 aliphatic rings. The van der Waals surface area contributed by atoms with Crippen LogP contribution in [0, 0.1) is 5.92 Å². The van der Waals surface area contributed by atoms with Crippen LogP contribution in [0.5, 0.6) is 0 Å². The number of aliphatic hydroxyl groups excluding tert-OH is 1. The topological polar surface area (TPSA) is 32.7 Å². The molecule has 0 bridgehead atoms. The van der Waals surface area contributed by atoms with Gasteiger partial charge in [0.25, 0.3) is 0 Å². The first kappa shape index (κ1) is 13.9. The zero-order chi connectivity index (χ0) is 11.8. The van der Waals surface area contributed by atoms with Crippen LogP contribution in [0.4, 0.5) is 0 Å². The number of likely N-dealkylation sites (tertiary alicyclic amines) is 1. The van der Waals surface area contributed by atoms with Crippen LogP contribution < -0.4 is 0 Å². The van der Waals surface area contributed by atoms with E-state index in [1.807, 2.05) is 0 Å². The third-order valence-corrected chi connectivity index (χ3v) is 3.50. The van der Waals surface area contributed by atoms with Crippen LogP contribution in [0.3, 0.4) is 0 Å². The standard InChI is InChI=1S/C13H27NO2/c1-3-4-5-12-6-8-14(9-7-12)10-13(15)11-16-2/h12-13,15H,3-11H2,1-2H3. The van der Waals surface area contributed by atoms with Gasteiger partial charge in [-0.05, 0) is 31.8 Å². The van der Waals surface area contributed by atoms with Crippen molar-refractivity contribution in [1.29, 1.82) is 0 Å². The van der Waals surface area contributed by atoms with E-state index in [2.05, 4.69) is 11.8 Å². The van der Waals surface area contributed by atoms with Crippen LogP contribution in [0.1, 0.15) is 39.0 Å². The molecule has 0 spiro atoms. The lowest BCUT2D eigenvalue weighted by Crippen LogP contribution is -2.40. The Hall–Kier alpha value is -0.120. The van der Waals surface area contributed by atoms with Gasteiger partial charge in [0.2, 0.25) is 0 Å². The summed E-state index contributed by atoms with van der Waals surface area (Å²) in [6.07, 6.45) is 6.37. The van der Waals surface area contributed by atoms with E-state index in [1.54, 1.807) is 7.11 Å². The van der Waals surface area contributed by atoms with Crippen molar-refractivity contribution in [1.82, 2.24) is 4.90 Å². The van der Waals surface area contributed by atoms with Gasteiger partial charge in [-0.25, -0.2) is 0 Å². The number of ether oxygens (including phenoxy) is 1. The Bertz CT molecular complexity index is 167. The fourth-order valence-electron chi connectivity index (χ4n) is 2.49. The van der Waals surface area contributed by atoms with Gasteiger partial charge in [-0.15, -0.1) is 0 Å². The van der Waals surface area contributed by atoms with Crippen molar-refractivity contribution in [3.05, 3.63) is 0 Å². The molecule has 1 atom stereocenters. The summed E-state index contributed by atoms with van der Waals surface area (Å²) in [5, 5.41) is 9.64. The highest BCUT2D eigenvalue weighted by atomic mass is 16.5. The Balaban J connectivity index is 2.11. The molecular weight excluding hydrogens is 202 g/mol. The highest BCUT2D eigenvalue weighted by Crippen LogP contribution is 2.22. The van der Waals surface area contributed by atoms with Crippen molar-refractivity contribution < 1.29 is 9.84 Å². The third kappa shape index (κ3) is 5.28. The Morgan fingerprint density at radius 1 is 1.38 bits per heavy atom. The first-order valence-electron chi connectivity index (χ1n) is 6.65. The quantitative estimate of drug-likeness (QED) is 0.723. The molecule has 16 heavy (non-hydrogen) atoms. The van der Waals surface area contributed by atoms with E-state index in [0.717, 1.165) is 25.6 Å². The number of aliphatic hydroxyl groups is 1. The second-order valence-electron chi connectivity index (χ2n) is 5.00. The molecule has 1 heterocycles. The predicted octanol–water partition coefficient (Wildman–Crippen LogP) is 1.90. The number of piperidine rings is 1. The van der Waals surface area contributed by atoms with Gasteiger partial charge >= 0.3 is 0 Å². The first-order valence-corrected chi connectivity index (χ1v) is 6.65. The minimum Gasteiger partial charge on any atom is -0.389 e. The normalized spacial score (nSPS) is 21.2. The molecule has 3 nitrogen and oxygen atoms in total. The molecule has 1 fully saturated rings. The van der Waals surface area contributed by atoms with E-state index in [1.165, 1.54) is 32.1 Å². The molecule has 1 unspecified atom stereocenters. The molecule has 1 aliphatic heterocycles. The molecular formula is C13H27NO2. The number of β-amino-alcohol motifs (C(OH)–C–C–N with tert-alkyl or cyclic N) is 1. The van der Waals surface area contributed by atoms with E-state index in [-0.39, 0.29) is 6.10 Å². The molecule has 96 valence electrons. The maximum Gasteiger partial charge on any atom is 0.0900 e. The lowest BCUT2D eigenvalue weighted by Gasteiger charge is -2.33. The molecule has 0 radical (unpaired) electrons. The zero-order valence-electron chi connectivity index (χ0n) is 10.8. The summed E-state index contributed by atoms with van der Waals surface area (Å²) in [4.78, 5) is 2.37. The average molecular weight is 229 g/mol. The molecule has 3 heteroatoms. The maximum atomic E-state index is 9.64. The fraction of sp³-hybridized carbons (Fsp3) is 1.00. The summed E-state index contributed by atoms with van der Waals surface area (Å²) in [5.41, 5.74) is 0. The second kappa shape index (κ2) is 8.04. The van der Waals surface area contributed by atoms with Crippen molar-refractivity contribution in [2.75, 3.05) is 33.4 Å². The largest absolute Gasteiger partial charge is 0.389 e. The Morgan fingerprint density at radius 3 is 2.62 bits per heavy atom. The number of nitrogens with zero attached hydrogens (tertiary/aromatic N) is 1. The van der Waals surface area contributed by atoms with E-state index in [0.29, 0.717) is 6.61 Å². The van der Waals surface area contributed by atoms with Gasteiger partial charge < -0.3 is 14.7 Å². The summed E-state index contributed by atoms with van der Waals surface area (Å²) in [7, 11) is 1.64. The van der Waals surface area contributed by atoms with Crippen molar-refractivity contribution in [2.24, 2.45) is 5.92 Å². The molecule has 0 aromatic rings. The van der Waals surface area contributed by atoms with Crippen LogP contribution in [-0.4, -0.2) is 49.5 Å². The summed E-state index contributed by atoms with van der Waals surface area (Å²) < 4.78 is 4.94. The Kier molecular flexibility index (Phi) is 7.01. The van der Waals surface area contributed by atoms with E-state index in [4.69, 9.17) is 4.74 Å². The van der Waals surface area contributed by atoms with E-state index < -0.39 is 0 Å². The predicted molar refractivity (Wildman–Crippen MR) is 66.6 cm³/mol. The van der Waals surface area contributed by atoms with Gasteiger partial charge in [-0.1, -0.05) is 26.2 Å². The van der Waals surface area contributed by atoms with Gasteiger partial charge in [-0.2, -0.15) is 0 Å². The molecule has 0 aromatic carbocycles. The SMILES string of the molecule is CCCCC1CCN(CC(O)COC)CC1. The van der Waals surface area contributed by atoms with Crippen molar-refractivity contribution in [3.8, 4) is 0 Å². The average Bonchev–Trinajstić information content (AvgIpc) is 2.28.